The van der Waals surface area contributed by atoms with Crippen LogP contribution in [0.1, 0.15) is 26.7 Å². The second kappa shape index (κ2) is 5.69. The largest absolute Gasteiger partial charge is 0.393 e. The lowest BCUT2D eigenvalue weighted by atomic mass is 10.1. The Balaban J connectivity index is 2.27. The van der Waals surface area contributed by atoms with Crippen LogP contribution in [-0.4, -0.2) is 60.3 Å². The Kier molecular flexibility index (Phi) is 4.85. The van der Waals surface area contributed by atoms with Gasteiger partial charge in [-0.15, -0.1) is 0 Å². The van der Waals surface area contributed by atoms with Crippen molar-refractivity contribution in [2.45, 2.75) is 38.8 Å². The summed E-state index contributed by atoms with van der Waals surface area (Å²) in [7, 11) is 2.21. The Labute approximate surface area is 87.7 Å². The maximum Gasteiger partial charge on any atom is 0.0524 e. The predicted octanol–water partition coefficient (Wildman–Crippen LogP) is 0.783. The molecule has 0 aromatic carbocycles. The average Bonchev–Trinajstić information content (AvgIpc) is 2.16. The van der Waals surface area contributed by atoms with Gasteiger partial charge in [-0.2, -0.15) is 0 Å². The van der Waals surface area contributed by atoms with Crippen LogP contribution < -0.4 is 0 Å². The molecule has 0 saturated carbocycles. The summed E-state index contributed by atoms with van der Waals surface area (Å²) < 4.78 is 0. The summed E-state index contributed by atoms with van der Waals surface area (Å²) in [5.74, 6) is 0. The smallest absolute Gasteiger partial charge is 0.0524 e. The number of likely N-dealkylation sites (N-methyl/N-ethyl adjacent to an activating group) is 1. The molecule has 1 fully saturated rings. The van der Waals surface area contributed by atoms with Crippen molar-refractivity contribution in [2.75, 3.05) is 33.2 Å². The zero-order valence-corrected chi connectivity index (χ0v) is 9.74. The fraction of sp³-hybridized carbons (Fsp3) is 1.00. The van der Waals surface area contributed by atoms with E-state index in [9.17, 15) is 5.11 Å². The monoisotopic (exact) mass is 200 g/mol. The van der Waals surface area contributed by atoms with E-state index in [0.717, 1.165) is 26.1 Å². The third-order valence-corrected chi connectivity index (χ3v) is 3.20. The maximum absolute atomic E-state index is 9.22. The van der Waals surface area contributed by atoms with E-state index in [1.807, 2.05) is 6.92 Å². The molecule has 2 atom stereocenters. The van der Waals surface area contributed by atoms with Crippen molar-refractivity contribution in [3.63, 3.8) is 0 Å². The van der Waals surface area contributed by atoms with Gasteiger partial charge in [0.05, 0.1) is 6.10 Å². The summed E-state index contributed by atoms with van der Waals surface area (Å²) in [4.78, 5) is 4.92. The van der Waals surface area contributed by atoms with Gasteiger partial charge in [-0.25, -0.2) is 0 Å². The highest BCUT2D eigenvalue weighted by atomic mass is 16.3. The minimum absolute atomic E-state index is 0.158. The molecule has 3 nitrogen and oxygen atoms in total. The van der Waals surface area contributed by atoms with Crippen LogP contribution in [0, 0.1) is 0 Å². The van der Waals surface area contributed by atoms with Gasteiger partial charge in [0.15, 0.2) is 0 Å². The highest BCUT2D eigenvalue weighted by molar-refractivity contribution is 4.79. The number of aliphatic hydroxyl groups is 1. The Morgan fingerprint density at radius 1 is 1.43 bits per heavy atom. The summed E-state index contributed by atoms with van der Waals surface area (Å²) in [6.45, 7) is 8.65. The second-order valence-electron chi connectivity index (χ2n) is 4.48. The Bertz CT molecular complexity index is 161. The van der Waals surface area contributed by atoms with E-state index in [1.165, 1.54) is 13.0 Å². The number of nitrogens with zero attached hydrogens (tertiary/aromatic N) is 2. The molecule has 2 unspecified atom stereocenters. The van der Waals surface area contributed by atoms with Crippen LogP contribution in [0.15, 0.2) is 0 Å². The predicted molar refractivity (Wildman–Crippen MR) is 59.4 cm³/mol. The highest BCUT2D eigenvalue weighted by Crippen LogP contribution is 2.11. The molecule has 84 valence electrons. The molecule has 14 heavy (non-hydrogen) atoms. The molecule has 0 amide bonds. The molecule has 1 aliphatic rings. The molecule has 0 bridgehead atoms. The van der Waals surface area contributed by atoms with Crippen LogP contribution in [0.4, 0.5) is 0 Å². The van der Waals surface area contributed by atoms with Gasteiger partial charge in [-0.1, -0.05) is 6.92 Å². The van der Waals surface area contributed by atoms with E-state index < -0.39 is 0 Å². The van der Waals surface area contributed by atoms with Gasteiger partial charge >= 0.3 is 0 Å². The lowest BCUT2D eigenvalue weighted by Crippen LogP contribution is -2.51. The minimum atomic E-state index is -0.158. The van der Waals surface area contributed by atoms with Gasteiger partial charge in [0.25, 0.3) is 0 Å². The topological polar surface area (TPSA) is 26.7 Å². The first-order chi connectivity index (χ1) is 6.63. The number of hydrogen-bond acceptors (Lipinski definition) is 3. The summed E-state index contributed by atoms with van der Waals surface area (Å²) >= 11 is 0. The van der Waals surface area contributed by atoms with Crippen LogP contribution >= 0.6 is 0 Å². The lowest BCUT2D eigenvalue weighted by molar-refractivity contribution is 0.0788. The molecule has 0 aliphatic carbocycles. The van der Waals surface area contributed by atoms with E-state index in [4.69, 9.17) is 0 Å². The quantitative estimate of drug-likeness (QED) is 0.726. The first kappa shape index (κ1) is 12.0. The van der Waals surface area contributed by atoms with Crippen molar-refractivity contribution in [2.24, 2.45) is 0 Å². The molecular formula is C11H24N2O. The first-order valence-corrected chi connectivity index (χ1v) is 5.74. The fourth-order valence-electron chi connectivity index (χ4n) is 2.02. The van der Waals surface area contributed by atoms with E-state index in [2.05, 4.69) is 23.8 Å². The van der Waals surface area contributed by atoms with Crippen LogP contribution in [-0.2, 0) is 0 Å². The third kappa shape index (κ3) is 3.56. The zero-order chi connectivity index (χ0) is 10.6. The van der Waals surface area contributed by atoms with Crippen molar-refractivity contribution < 1.29 is 5.11 Å². The number of rotatable bonds is 4. The van der Waals surface area contributed by atoms with Gasteiger partial charge in [0.1, 0.15) is 0 Å². The van der Waals surface area contributed by atoms with Gasteiger partial charge in [-0.3, -0.25) is 0 Å². The number of hydrogen-bond donors (Lipinski definition) is 1. The molecule has 1 saturated heterocycles. The second-order valence-corrected chi connectivity index (χ2v) is 4.48. The van der Waals surface area contributed by atoms with E-state index >= 15 is 0 Å². The molecule has 3 heteroatoms. The zero-order valence-electron chi connectivity index (χ0n) is 9.74. The summed E-state index contributed by atoms with van der Waals surface area (Å²) in [6.07, 6.45) is 1.97. The maximum atomic E-state index is 9.22. The molecule has 1 aliphatic heterocycles. The van der Waals surface area contributed by atoms with Crippen LogP contribution in [0.5, 0.6) is 0 Å². The van der Waals surface area contributed by atoms with E-state index in [-0.39, 0.29) is 6.10 Å². The summed E-state index contributed by atoms with van der Waals surface area (Å²) in [5, 5.41) is 9.22. The molecule has 0 aromatic rings. The Morgan fingerprint density at radius 3 is 2.71 bits per heavy atom. The standard InChI is InChI=1S/C11H24N2O/c1-4-11-9-13(6-5-10(2)14)8-7-12(11)3/h10-11,14H,4-9H2,1-3H3. The summed E-state index contributed by atoms with van der Waals surface area (Å²) in [6, 6.07) is 0.706. The lowest BCUT2D eigenvalue weighted by Gasteiger charge is -2.39. The fourth-order valence-corrected chi connectivity index (χ4v) is 2.02. The molecule has 1 N–H and O–H groups in total. The van der Waals surface area contributed by atoms with Crippen molar-refractivity contribution in [3.8, 4) is 0 Å². The first-order valence-electron chi connectivity index (χ1n) is 5.74. The van der Waals surface area contributed by atoms with Crippen LogP contribution in [0.2, 0.25) is 0 Å². The van der Waals surface area contributed by atoms with Crippen molar-refractivity contribution in [1.82, 2.24) is 9.80 Å². The van der Waals surface area contributed by atoms with E-state index in [1.54, 1.807) is 0 Å². The molecule has 1 heterocycles. The molecule has 0 radical (unpaired) electrons. The molecular weight excluding hydrogens is 176 g/mol. The van der Waals surface area contributed by atoms with Crippen LogP contribution in [0.3, 0.4) is 0 Å². The van der Waals surface area contributed by atoms with Crippen molar-refractivity contribution >= 4 is 0 Å². The van der Waals surface area contributed by atoms with Gasteiger partial charge < -0.3 is 14.9 Å². The minimum Gasteiger partial charge on any atom is -0.393 e. The summed E-state index contributed by atoms with van der Waals surface area (Å²) in [5.41, 5.74) is 0. The molecule has 1 rings (SSSR count). The van der Waals surface area contributed by atoms with Gasteiger partial charge in [-0.05, 0) is 26.8 Å². The Hall–Kier alpha value is -0.120. The van der Waals surface area contributed by atoms with Gasteiger partial charge in [0, 0.05) is 32.2 Å². The van der Waals surface area contributed by atoms with Crippen molar-refractivity contribution in [1.29, 1.82) is 0 Å². The third-order valence-electron chi connectivity index (χ3n) is 3.20. The Morgan fingerprint density at radius 2 is 2.14 bits per heavy atom. The normalized spacial score (nSPS) is 27.9. The van der Waals surface area contributed by atoms with Gasteiger partial charge in [0.2, 0.25) is 0 Å². The SMILES string of the molecule is CCC1CN(CCC(C)O)CCN1C. The van der Waals surface area contributed by atoms with Crippen LogP contribution in [0.25, 0.3) is 0 Å². The average molecular weight is 200 g/mol. The molecule has 0 aromatic heterocycles. The molecule has 0 spiro atoms. The number of piperazine rings is 1. The van der Waals surface area contributed by atoms with E-state index in [0.29, 0.717) is 6.04 Å². The number of aliphatic hydroxyl groups excluding tert-OH is 1. The van der Waals surface area contributed by atoms with Crippen molar-refractivity contribution in [3.05, 3.63) is 0 Å². The highest BCUT2D eigenvalue weighted by Gasteiger charge is 2.22.